The van der Waals surface area contributed by atoms with Crippen molar-refractivity contribution >= 4 is 11.8 Å². The smallest absolute Gasteiger partial charge is 0.308 e. The molecule has 1 aliphatic heterocycles. The number of hydrogen-bond acceptors (Lipinski definition) is 6. The van der Waals surface area contributed by atoms with Gasteiger partial charge in [0.25, 0.3) is 0 Å². The van der Waals surface area contributed by atoms with E-state index in [-0.39, 0.29) is 11.9 Å². The number of nitrogens with one attached hydrogen (secondary N) is 1. The molecule has 0 unspecified atom stereocenters. The summed E-state index contributed by atoms with van der Waals surface area (Å²) in [6.07, 6.45) is 3.46. The van der Waals surface area contributed by atoms with Gasteiger partial charge in [-0.25, -0.2) is 10.8 Å². The molecule has 1 aliphatic rings. The lowest BCUT2D eigenvalue weighted by atomic mass is 9.97. The molecule has 0 aromatic carbocycles. The Morgan fingerprint density at radius 1 is 1.58 bits per heavy atom. The second-order valence-electron chi connectivity index (χ2n) is 4.77. The second kappa shape index (κ2) is 6.49. The molecule has 19 heavy (non-hydrogen) atoms. The monoisotopic (exact) mass is 264 g/mol. The molecule has 1 aromatic rings. The van der Waals surface area contributed by atoms with E-state index >= 15 is 0 Å². The van der Waals surface area contributed by atoms with Crippen molar-refractivity contribution in [1.29, 1.82) is 0 Å². The highest BCUT2D eigenvalue weighted by Gasteiger charge is 2.25. The van der Waals surface area contributed by atoms with E-state index in [9.17, 15) is 4.79 Å². The van der Waals surface area contributed by atoms with Gasteiger partial charge in [-0.15, -0.1) is 0 Å². The minimum Gasteiger partial charge on any atom is -0.469 e. The van der Waals surface area contributed by atoms with Crippen LogP contribution in [0.1, 0.15) is 18.4 Å². The van der Waals surface area contributed by atoms with E-state index in [1.54, 1.807) is 6.20 Å². The summed E-state index contributed by atoms with van der Waals surface area (Å²) in [7, 11) is 1.45. The first kappa shape index (κ1) is 13.8. The van der Waals surface area contributed by atoms with Crippen molar-refractivity contribution in [3.63, 3.8) is 0 Å². The van der Waals surface area contributed by atoms with Crippen LogP contribution in [-0.4, -0.2) is 36.1 Å². The molecule has 0 spiro atoms. The zero-order valence-electron chi connectivity index (χ0n) is 11.1. The summed E-state index contributed by atoms with van der Waals surface area (Å²) in [5.74, 6) is 5.98. The van der Waals surface area contributed by atoms with Gasteiger partial charge in [0.05, 0.1) is 13.0 Å². The van der Waals surface area contributed by atoms with Crippen LogP contribution >= 0.6 is 0 Å². The van der Waals surface area contributed by atoms with Gasteiger partial charge in [0.15, 0.2) is 0 Å². The molecule has 1 saturated heterocycles. The number of ether oxygens (including phenoxy) is 1. The number of hydrogen-bond donors (Lipinski definition) is 2. The van der Waals surface area contributed by atoms with Crippen LogP contribution in [0, 0.1) is 5.92 Å². The lowest BCUT2D eigenvalue weighted by Crippen LogP contribution is -2.36. The Balaban J connectivity index is 1.86. The summed E-state index contributed by atoms with van der Waals surface area (Å²) in [4.78, 5) is 17.9. The van der Waals surface area contributed by atoms with Crippen molar-refractivity contribution in [2.24, 2.45) is 11.8 Å². The summed E-state index contributed by atoms with van der Waals surface area (Å²) >= 11 is 0. The number of nitrogens with zero attached hydrogens (tertiary/aromatic N) is 2. The van der Waals surface area contributed by atoms with Crippen LogP contribution in [0.3, 0.4) is 0 Å². The molecule has 1 fully saturated rings. The number of hydrazine groups is 1. The molecule has 0 radical (unpaired) electrons. The molecule has 2 rings (SSSR count). The third-order valence-electron chi connectivity index (χ3n) is 3.50. The lowest BCUT2D eigenvalue weighted by molar-refractivity contribution is -0.147. The van der Waals surface area contributed by atoms with Crippen LogP contribution < -0.4 is 11.3 Å². The van der Waals surface area contributed by atoms with Crippen LogP contribution in [-0.2, 0) is 16.1 Å². The molecular formula is C13H20N4O2. The molecule has 1 aromatic heterocycles. The molecule has 0 atom stereocenters. The number of rotatable bonds is 4. The van der Waals surface area contributed by atoms with Crippen LogP contribution in [0.15, 0.2) is 18.3 Å². The standard InChI is InChI=1S/C13H20N4O2/c1-19-13(18)11-3-6-17(7-4-11)9-10-2-5-15-12(8-10)16-14/h2,5,8,11H,3-4,6-7,9,14H2,1H3,(H,15,16). The predicted molar refractivity (Wildman–Crippen MR) is 72.1 cm³/mol. The Hall–Kier alpha value is -1.66. The fourth-order valence-electron chi connectivity index (χ4n) is 2.40. The van der Waals surface area contributed by atoms with Crippen molar-refractivity contribution in [3.8, 4) is 0 Å². The molecule has 0 aliphatic carbocycles. The topological polar surface area (TPSA) is 80.5 Å². The number of nitrogens with two attached hydrogens (primary N) is 1. The first-order chi connectivity index (χ1) is 9.22. The van der Waals surface area contributed by atoms with Gasteiger partial charge < -0.3 is 10.2 Å². The Bertz CT molecular complexity index is 430. The highest BCUT2D eigenvalue weighted by atomic mass is 16.5. The maximum absolute atomic E-state index is 11.4. The van der Waals surface area contributed by atoms with Gasteiger partial charge in [0.1, 0.15) is 5.82 Å². The quantitative estimate of drug-likeness (QED) is 0.474. The van der Waals surface area contributed by atoms with Crippen molar-refractivity contribution in [1.82, 2.24) is 9.88 Å². The van der Waals surface area contributed by atoms with Crippen molar-refractivity contribution in [2.75, 3.05) is 25.6 Å². The number of likely N-dealkylation sites (tertiary alicyclic amines) is 1. The van der Waals surface area contributed by atoms with Crippen molar-refractivity contribution < 1.29 is 9.53 Å². The largest absolute Gasteiger partial charge is 0.469 e. The number of nitrogen functional groups attached to an aromatic ring is 1. The van der Waals surface area contributed by atoms with Crippen LogP contribution in [0.4, 0.5) is 5.82 Å². The first-order valence-corrected chi connectivity index (χ1v) is 6.44. The summed E-state index contributed by atoms with van der Waals surface area (Å²) in [6, 6.07) is 3.92. The number of carbonyl (C=O) groups is 1. The Kier molecular flexibility index (Phi) is 4.70. The molecular weight excluding hydrogens is 244 g/mol. The number of methoxy groups -OCH3 is 1. The Morgan fingerprint density at radius 2 is 2.32 bits per heavy atom. The molecule has 0 bridgehead atoms. The SMILES string of the molecule is COC(=O)C1CCN(Cc2ccnc(NN)c2)CC1. The molecule has 6 nitrogen and oxygen atoms in total. The van der Waals surface area contributed by atoms with E-state index in [0.29, 0.717) is 5.82 Å². The van der Waals surface area contributed by atoms with Gasteiger partial charge in [-0.2, -0.15) is 0 Å². The highest BCUT2D eigenvalue weighted by Crippen LogP contribution is 2.20. The van der Waals surface area contributed by atoms with E-state index in [4.69, 9.17) is 10.6 Å². The third kappa shape index (κ3) is 3.65. The number of carbonyl (C=O) groups excluding carboxylic acids is 1. The van der Waals surface area contributed by atoms with E-state index in [1.807, 2.05) is 12.1 Å². The molecule has 3 N–H and O–H groups in total. The van der Waals surface area contributed by atoms with Gasteiger partial charge >= 0.3 is 5.97 Å². The summed E-state index contributed by atoms with van der Waals surface area (Å²) in [5, 5.41) is 0. The number of esters is 1. The highest BCUT2D eigenvalue weighted by molar-refractivity contribution is 5.72. The van der Waals surface area contributed by atoms with E-state index in [1.165, 1.54) is 12.7 Å². The van der Waals surface area contributed by atoms with Crippen molar-refractivity contribution in [3.05, 3.63) is 23.9 Å². The second-order valence-corrected chi connectivity index (χ2v) is 4.77. The zero-order valence-corrected chi connectivity index (χ0v) is 11.1. The van der Waals surface area contributed by atoms with Gasteiger partial charge in [0.2, 0.25) is 0 Å². The summed E-state index contributed by atoms with van der Waals surface area (Å²) in [6.45, 7) is 2.67. The minimum absolute atomic E-state index is 0.0555. The molecule has 2 heterocycles. The molecule has 104 valence electrons. The van der Waals surface area contributed by atoms with Gasteiger partial charge in [0, 0.05) is 12.7 Å². The molecule has 0 amide bonds. The maximum atomic E-state index is 11.4. The normalized spacial score (nSPS) is 17.2. The Morgan fingerprint density at radius 3 is 2.95 bits per heavy atom. The van der Waals surface area contributed by atoms with Gasteiger partial charge in [-0.1, -0.05) is 0 Å². The number of aromatic nitrogens is 1. The fourth-order valence-corrected chi connectivity index (χ4v) is 2.40. The number of anilines is 1. The maximum Gasteiger partial charge on any atom is 0.308 e. The van der Waals surface area contributed by atoms with E-state index in [0.717, 1.165) is 32.5 Å². The van der Waals surface area contributed by atoms with Crippen LogP contribution in [0.5, 0.6) is 0 Å². The first-order valence-electron chi connectivity index (χ1n) is 6.44. The lowest BCUT2D eigenvalue weighted by Gasteiger charge is -2.30. The average Bonchev–Trinajstić information content (AvgIpc) is 2.47. The fraction of sp³-hybridized carbons (Fsp3) is 0.538. The summed E-state index contributed by atoms with van der Waals surface area (Å²) in [5.41, 5.74) is 3.71. The third-order valence-corrected chi connectivity index (χ3v) is 3.50. The van der Waals surface area contributed by atoms with Crippen molar-refractivity contribution in [2.45, 2.75) is 19.4 Å². The minimum atomic E-state index is -0.0850. The van der Waals surface area contributed by atoms with Gasteiger partial charge in [-0.05, 0) is 43.6 Å². The van der Waals surface area contributed by atoms with E-state index in [2.05, 4.69) is 15.3 Å². The number of piperidine rings is 1. The summed E-state index contributed by atoms with van der Waals surface area (Å²) < 4.78 is 4.79. The predicted octanol–water partition coefficient (Wildman–Crippen LogP) is 0.752. The molecule has 0 saturated carbocycles. The van der Waals surface area contributed by atoms with Crippen LogP contribution in [0.2, 0.25) is 0 Å². The molecule has 6 heteroatoms. The zero-order chi connectivity index (χ0) is 13.7. The van der Waals surface area contributed by atoms with E-state index < -0.39 is 0 Å². The van der Waals surface area contributed by atoms with Crippen LogP contribution in [0.25, 0.3) is 0 Å². The number of pyridine rings is 1. The average molecular weight is 264 g/mol. The van der Waals surface area contributed by atoms with Gasteiger partial charge in [-0.3, -0.25) is 9.69 Å². The Labute approximate surface area is 112 Å².